The minimum atomic E-state index is -3.03. The van der Waals surface area contributed by atoms with Crippen LogP contribution in [0.15, 0.2) is 16.8 Å². The van der Waals surface area contributed by atoms with Crippen molar-refractivity contribution >= 4 is 10.0 Å². The highest BCUT2D eigenvalue weighted by molar-refractivity contribution is 7.90. The van der Waals surface area contributed by atoms with E-state index in [0.29, 0.717) is 19.6 Å². The minimum absolute atomic E-state index is 0.103. The SMILES string of the molecule is O=S(=O)(C1CC1)N1CCCN(Cc2ccno2)CC1. The summed E-state index contributed by atoms with van der Waals surface area (Å²) in [5.74, 6) is 0.832. The predicted molar refractivity (Wildman–Crippen MR) is 69.9 cm³/mol. The second-order valence-electron chi connectivity index (χ2n) is 5.25. The molecule has 3 rings (SSSR count). The highest BCUT2D eigenvalue weighted by Gasteiger charge is 2.40. The second kappa shape index (κ2) is 5.22. The number of hydrogen-bond acceptors (Lipinski definition) is 5. The van der Waals surface area contributed by atoms with E-state index in [4.69, 9.17) is 4.52 Å². The summed E-state index contributed by atoms with van der Waals surface area (Å²) in [6.07, 6.45) is 4.18. The summed E-state index contributed by atoms with van der Waals surface area (Å²) in [4.78, 5) is 2.23. The van der Waals surface area contributed by atoms with E-state index in [1.165, 1.54) is 0 Å². The molecule has 0 N–H and O–H groups in total. The van der Waals surface area contributed by atoms with Crippen LogP contribution in [0.5, 0.6) is 0 Å². The van der Waals surface area contributed by atoms with E-state index in [0.717, 1.165) is 38.1 Å². The average Bonchev–Trinajstić information content (AvgIpc) is 3.15. The van der Waals surface area contributed by atoms with E-state index in [9.17, 15) is 8.42 Å². The fourth-order valence-electron chi connectivity index (χ4n) is 2.48. The number of sulfonamides is 1. The van der Waals surface area contributed by atoms with Crippen molar-refractivity contribution in [2.24, 2.45) is 0 Å². The van der Waals surface area contributed by atoms with Crippen LogP contribution in [0.1, 0.15) is 25.0 Å². The maximum absolute atomic E-state index is 12.2. The molecule has 1 saturated heterocycles. The Morgan fingerprint density at radius 3 is 2.79 bits per heavy atom. The van der Waals surface area contributed by atoms with Crippen molar-refractivity contribution in [2.75, 3.05) is 26.2 Å². The van der Waals surface area contributed by atoms with Crippen LogP contribution in [0.25, 0.3) is 0 Å². The fourth-order valence-corrected chi connectivity index (χ4v) is 4.35. The zero-order chi connectivity index (χ0) is 13.3. The molecule has 1 saturated carbocycles. The van der Waals surface area contributed by atoms with Gasteiger partial charge in [0.15, 0.2) is 5.76 Å². The van der Waals surface area contributed by atoms with Crippen LogP contribution in [0.3, 0.4) is 0 Å². The largest absolute Gasteiger partial charge is 0.360 e. The highest BCUT2D eigenvalue weighted by atomic mass is 32.2. The zero-order valence-corrected chi connectivity index (χ0v) is 11.7. The third-order valence-electron chi connectivity index (χ3n) is 3.72. The first-order valence-electron chi connectivity index (χ1n) is 6.77. The molecule has 0 bridgehead atoms. The molecule has 1 aliphatic carbocycles. The average molecular weight is 285 g/mol. The maximum atomic E-state index is 12.2. The fraction of sp³-hybridized carbons (Fsp3) is 0.750. The Morgan fingerprint density at radius 1 is 1.26 bits per heavy atom. The highest BCUT2D eigenvalue weighted by Crippen LogP contribution is 2.31. The second-order valence-corrected chi connectivity index (χ2v) is 7.46. The molecule has 2 aliphatic rings. The third kappa shape index (κ3) is 2.98. The number of hydrogen-bond donors (Lipinski definition) is 0. The lowest BCUT2D eigenvalue weighted by Crippen LogP contribution is -2.37. The molecule has 19 heavy (non-hydrogen) atoms. The molecule has 0 unspecified atom stereocenters. The van der Waals surface area contributed by atoms with Crippen LogP contribution >= 0.6 is 0 Å². The Hall–Kier alpha value is -0.920. The van der Waals surface area contributed by atoms with E-state index < -0.39 is 10.0 Å². The van der Waals surface area contributed by atoms with Gasteiger partial charge in [0.2, 0.25) is 10.0 Å². The molecule has 1 aromatic heterocycles. The van der Waals surface area contributed by atoms with E-state index in [2.05, 4.69) is 10.1 Å². The van der Waals surface area contributed by atoms with Gasteiger partial charge in [-0.15, -0.1) is 0 Å². The van der Waals surface area contributed by atoms with Crippen LogP contribution in [-0.4, -0.2) is 54.2 Å². The summed E-state index contributed by atoms with van der Waals surface area (Å²) in [5.41, 5.74) is 0. The smallest absolute Gasteiger partial charge is 0.217 e. The number of rotatable bonds is 4. The van der Waals surface area contributed by atoms with Gasteiger partial charge in [0.05, 0.1) is 18.0 Å². The van der Waals surface area contributed by atoms with Crippen molar-refractivity contribution in [2.45, 2.75) is 31.1 Å². The molecule has 7 heteroatoms. The van der Waals surface area contributed by atoms with Crippen LogP contribution in [0.4, 0.5) is 0 Å². The van der Waals surface area contributed by atoms with Gasteiger partial charge in [-0.05, 0) is 25.8 Å². The number of aromatic nitrogens is 1. The van der Waals surface area contributed by atoms with Crippen LogP contribution in [-0.2, 0) is 16.6 Å². The van der Waals surface area contributed by atoms with Crippen LogP contribution < -0.4 is 0 Å². The Bertz CT molecular complexity index is 510. The third-order valence-corrected chi connectivity index (χ3v) is 6.12. The van der Waals surface area contributed by atoms with Crippen molar-refractivity contribution in [3.8, 4) is 0 Å². The predicted octanol–water partition coefficient (Wildman–Crippen LogP) is 0.674. The molecule has 0 aromatic carbocycles. The lowest BCUT2D eigenvalue weighted by Gasteiger charge is -2.20. The van der Waals surface area contributed by atoms with Gasteiger partial charge in [-0.3, -0.25) is 4.90 Å². The molecule has 106 valence electrons. The summed E-state index contributed by atoms with van der Waals surface area (Å²) < 4.78 is 31.2. The first kappa shape index (κ1) is 13.1. The van der Waals surface area contributed by atoms with Gasteiger partial charge in [-0.25, -0.2) is 12.7 Å². The zero-order valence-electron chi connectivity index (χ0n) is 10.9. The summed E-state index contributed by atoms with van der Waals surface area (Å²) in [6, 6.07) is 1.85. The van der Waals surface area contributed by atoms with Gasteiger partial charge >= 0.3 is 0 Å². The lowest BCUT2D eigenvalue weighted by atomic mass is 10.3. The molecule has 0 atom stereocenters. The van der Waals surface area contributed by atoms with Gasteiger partial charge in [0, 0.05) is 25.7 Å². The Kier molecular flexibility index (Phi) is 3.60. The van der Waals surface area contributed by atoms with E-state index >= 15 is 0 Å². The normalized spacial score (nSPS) is 23.4. The number of nitrogens with zero attached hydrogens (tertiary/aromatic N) is 3. The minimum Gasteiger partial charge on any atom is -0.360 e. The molecular formula is C12H19N3O3S. The van der Waals surface area contributed by atoms with Crippen LogP contribution in [0, 0.1) is 0 Å². The molecule has 1 aromatic rings. The van der Waals surface area contributed by atoms with Gasteiger partial charge < -0.3 is 4.52 Å². The summed E-state index contributed by atoms with van der Waals surface area (Å²) in [7, 11) is -3.03. The summed E-state index contributed by atoms with van der Waals surface area (Å²) in [5, 5.41) is 3.59. The molecular weight excluding hydrogens is 266 g/mol. The van der Waals surface area contributed by atoms with Gasteiger partial charge in [0.1, 0.15) is 0 Å². The van der Waals surface area contributed by atoms with Crippen molar-refractivity contribution in [1.29, 1.82) is 0 Å². The Labute approximate surface area is 113 Å². The first-order chi connectivity index (χ1) is 9.16. The molecule has 0 radical (unpaired) electrons. The van der Waals surface area contributed by atoms with E-state index in [1.54, 1.807) is 10.5 Å². The van der Waals surface area contributed by atoms with Gasteiger partial charge in [-0.2, -0.15) is 0 Å². The monoisotopic (exact) mass is 285 g/mol. The standard InChI is InChI=1S/C12H19N3O3S/c16-19(17,12-2-3-12)15-7-1-6-14(8-9-15)10-11-4-5-13-18-11/h4-5,12H,1-3,6-10H2. The maximum Gasteiger partial charge on any atom is 0.217 e. The van der Waals surface area contributed by atoms with Gasteiger partial charge in [-0.1, -0.05) is 5.16 Å². The van der Waals surface area contributed by atoms with Crippen LogP contribution in [0.2, 0.25) is 0 Å². The molecule has 2 heterocycles. The summed E-state index contributed by atoms with van der Waals surface area (Å²) in [6.45, 7) is 3.60. The van der Waals surface area contributed by atoms with Crippen molar-refractivity contribution in [1.82, 2.24) is 14.4 Å². The molecule has 0 spiro atoms. The molecule has 6 nitrogen and oxygen atoms in total. The molecule has 1 aliphatic heterocycles. The first-order valence-corrected chi connectivity index (χ1v) is 8.27. The van der Waals surface area contributed by atoms with Crippen molar-refractivity contribution in [3.63, 3.8) is 0 Å². The molecule has 0 amide bonds. The lowest BCUT2D eigenvalue weighted by molar-refractivity contribution is 0.240. The van der Waals surface area contributed by atoms with E-state index in [1.807, 2.05) is 6.07 Å². The van der Waals surface area contributed by atoms with Crippen molar-refractivity contribution in [3.05, 3.63) is 18.0 Å². The van der Waals surface area contributed by atoms with E-state index in [-0.39, 0.29) is 5.25 Å². The Balaban J connectivity index is 1.59. The van der Waals surface area contributed by atoms with Gasteiger partial charge in [0.25, 0.3) is 0 Å². The molecule has 2 fully saturated rings. The van der Waals surface area contributed by atoms with Crippen molar-refractivity contribution < 1.29 is 12.9 Å². The topological polar surface area (TPSA) is 66.7 Å². The summed E-state index contributed by atoms with van der Waals surface area (Å²) >= 11 is 0. The Morgan fingerprint density at radius 2 is 2.11 bits per heavy atom. The quantitative estimate of drug-likeness (QED) is 0.813.